The van der Waals surface area contributed by atoms with Crippen molar-refractivity contribution in [2.45, 2.75) is 13.5 Å². The first-order chi connectivity index (χ1) is 7.28. The summed E-state index contributed by atoms with van der Waals surface area (Å²) < 4.78 is 7.02. The number of hydrogen-bond acceptors (Lipinski definition) is 3. The molecule has 4 nitrogen and oxygen atoms in total. The molecular formula is C11H13N3O. The van der Waals surface area contributed by atoms with E-state index < -0.39 is 0 Å². The zero-order chi connectivity index (χ0) is 10.7. The van der Waals surface area contributed by atoms with E-state index in [1.54, 1.807) is 13.3 Å². The maximum Gasteiger partial charge on any atom is 0.122 e. The van der Waals surface area contributed by atoms with Crippen molar-refractivity contribution in [1.82, 2.24) is 14.8 Å². The minimum Gasteiger partial charge on any atom is -0.497 e. The van der Waals surface area contributed by atoms with Gasteiger partial charge >= 0.3 is 0 Å². The van der Waals surface area contributed by atoms with E-state index in [1.807, 2.05) is 36.0 Å². The van der Waals surface area contributed by atoms with Crippen molar-refractivity contribution in [3.63, 3.8) is 0 Å². The maximum atomic E-state index is 5.19. The van der Waals surface area contributed by atoms with Crippen LogP contribution in [0, 0.1) is 6.92 Å². The number of rotatable bonds is 3. The summed E-state index contributed by atoms with van der Waals surface area (Å²) in [5.41, 5.74) is 1.91. The van der Waals surface area contributed by atoms with E-state index in [4.69, 9.17) is 4.74 Å². The van der Waals surface area contributed by atoms with Gasteiger partial charge in [0, 0.05) is 30.2 Å². The third-order valence-corrected chi connectivity index (χ3v) is 2.10. The van der Waals surface area contributed by atoms with E-state index in [0.717, 1.165) is 17.1 Å². The van der Waals surface area contributed by atoms with E-state index in [1.165, 1.54) is 0 Å². The van der Waals surface area contributed by atoms with Gasteiger partial charge in [-0.2, -0.15) is 5.10 Å². The van der Waals surface area contributed by atoms with Gasteiger partial charge in [-0.25, -0.2) is 0 Å². The van der Waals surface area contributed by atoms with Crippen molar-refractivity contribution >= 4 is 0 Å². The molecule has 0 aliphatic heterocycles. The molecule has 2 aromatic heterocycles. The zero-order valence-electron chi connectivity index (χ0n) is 8.84. The van der Waals surface area contributed by atoms with E-state index >= 15 is 0 Å². The molecular weight excluding hydrogens is 190 g/mol. The van der Waals surface area contributed by atoms with Crippen LogP contribution in [0.15, 0.2) is 30.6 Å². The highest BCUT2D eigenvalue weighted by atomic mass is 16.5. The molecule has 0 amide bonds. The van der Waals surface area contributed by atoms with Crippen LogP contribution in [0.2, 0.25) is 0 Å². The largest absolute Gasteiger partial charge is 0.497 e. The lowest BCUT2D eigenvalue weighted by molar-refractivity contribution is 0.412. The quantitative estimate of drug-likeness (QED) is 0.761. The number of ether oxygens (including phenoxy) is 1. The van der Waals surface area contributed by atoms with Crippen molar-refractivity contribution in [1.29, 1.82) is 0 Å². The molecule has 0 N–H and O–H groups in total. The summed E-state index contributed by atoms with van der Waals surface area (Å²) >= 11 is 0. The zero-order valence-corrected chi connectivity index (χ0v) is 8.84. The average Bonchev–Trinajstić information content (AvgIpc) is 2.69. The van der Waals surface area contributed by atoms with Crippen LogP contribution >= 0.6 is 0 Å². The fraction of sp³-hybridized carbons (Fsp3) is 0.273. The molecule has 0 aliphatic carbocycles. The van der Waals surface area contributed by atoms with Crippen LogP contribution in [-0.4, -0.2) is 21.9 Å². The Morgan fingerprint density at radius 3 is 2.93 bits per heavy atom. The van der Waals surface area contributed by atoms with Crippen molar-refractivity contribution in [3.8, 4) is 5.75 Å². The van der Waals surface area contributed by atoms with E-state index in [9.17, 15) is 0 Å². The first-order valence-corrected chi connectivity index (χ1v) is 4.77. The third kappa shape index (κ3) is 2.34. The normalized spacial score (nSPS) is 10.3. The monoisotopic (exact) mass is 203 g/mol. The van der Waals surface area contributed by atoms with Gasteiger partial charge in [-0.05, 0) is 13.0 Å². The number of aromatic nitrogens is 3. The van der Waals surface area contributed by atoms with Crippen LogP contribution in [-0.2, 0) is 6.54 Å². The molecule has 0 fully saturated rings. The van der Waals surface area contributed by atoms with Gasteiger partial charge in [-0.15, -0.1) is 0 Å². The van der Waals surface area contributed by atoms with Gasteiger partial charge in [0.1, 0.15) is 5.75 Å². The van der Waals surface area contributed by atoms with Gasteiger partial charge in [0.15, 0.2) is 0 Å². The number of methoxy groups -OCH3 is 1. The van der Waals surface area contributed by atoms with E-state index in [0.29, 0.717) is 6.54 Å². The van der Waals surface area contributed by atoms with Gasteiger partial charge < -0.3 is 4.74 Å². The molecule has 2 aromatic rings. The second-order valence-electron chi connectivity index (χ2n) is 3.34. The Morgan fingerprint density at radius 1 is 1.40 bits per heavy atom. The van der Waals surface area contributed by atoms with Crippen LogP contribution in [0.1, 0.15) is 11.4 Å². The Labute approximate surface area is 88.5 Å². The summed E-state index contributed by atoms with van der Waals surface area (Å²) in [4.78, 5) is 4.42. The van der Waals surface area contributed by atoms with Crippen molar-refractivity contribution < 1.29 is 4.74 Å². The summed E-state index contributed by atoms with van der Waals surface area (Å²) in [6, 6.07) is 5.73. The van der Waals surface area contributed by atoms with E-state index in [-0.39, 0.29) is 0 Å². The molecule has 4 heteroatoms. The highest BCUT2D eigenvalue weighted by Crippen LogP contribution is 2.13. The molecule has 0 radical (unpaired) electrons. The van der Waals surface area contributed by atoms with Crippen LogP contribution in [0.25, 0.3) is 0 Å². The summed E-state index contributed by atoms with van der Waals surface area (Å²) in [7, 11) is 1.66. The Morgan fingerprint density at radius 2 is 2.27 bits per heavy atom. The lowest BCUT2D eigenvalue weighted by atomic mass is 10.3. The Kier molecular flexibility index (Phi) is 2.67. The Bertz CT molecular complexity index is 437. The van der Waals surface area contributed by atoms with Crippen LogP contribution in [0.5, 0.6) is 5.75 Å². The van der Waals surface area contributed by atoms with Crippen LogP contribution in [0.3, 0.4) is 0 Å². The molecule has 0 saturated carbocycles. The highest BCUT2D eigenvalue weighted by Gasteiger charge is 2.01. The predicted molar refractivity (Wildman–Crippen MR) is 56.9 cm³/mol. The first kappa shape index (κ1) is 9.71. The fourth-order valence-electron chi connectivity index (χ4n) is 1.46. The lowest BCUT2D eigenvalue weighted by Crippen LogP contribution is -2.03. The molecule has 0 atom stereocenters. The molecule has 2 rings (SSSR count). The van der Waals surface area contributed by atoms with Crippen molar-refractivity contribution in [3.05, 3.63) is 42.0 Å². The molecule has 0 spiro atoms. The molecule has 2 heterocycles. The van der Waals surface area contributed by atoms with E-state index in [2.05, 4.69) is 10.1 Å². The standard InChI is InChI=1S/C11H13N3O/c1-9-6-11(15-2)7-10(13-9)8-14-5-3-4-12-14/h3-7H,8H2,1-2H3. The SMILES string of the molecule is COc1cc(C)nc(Cn2cccn2)c1. The van der Waals surface area contributed by atoms with Gasteiger partial charge in [0.25, 0.3) is 0 Å². The van der Waals surface area contributed by atoms with Crippen molar-refractivity contribution in [2.75, 3.05) is 7.11 Å². The third-order valence-electron chi connectivity index (χ3n) is 2.10. The number of hydrogen-bond donors (Lipinski definition) is 0. The molecule has 15 heavy (non-hydrogen) atoms. The second-order valence-corrected chi connectivity index (χ2v) is 3.34. The maximum absolute atomic E-state index is 5.19. The summed E-state index contributed by atoms with van der Waals surface area (Å²) in [6.45, 7) is 2.63. The minimum atomic E-state index is 0.672. The average molecular weight is 203 g/mol. The molecule has 78 valence electrons. The van der Waals surface area contributed by atoms with Crippen LogP contribution < -0.4 is 4.74 Å². The van der Waals surface area contributed by atoms with Gasteiger partial charge in [-0.3, -0.25) is 9.67 Å². The number of aryl methyl sites for hydroxylation is 1. The van der Waals surface area contributed by atoms with Gasteiger partial charge in [0.2, 0.25) is 0 Å². The first-order valence-electron chi connectivity index (χ1n) is 4.77. The van der Waals surface area contributed by atoms with Crippen molar-refractivity contribution in [2.24, 2.45) is 0 Å². The summed E-state index contributed by atoms with van der Waals surface area (Å²) in [6.07, 6.45) is 3.67. The topological polar surface area (TPSA) is 39.9 Å². The fourth-order valence-corrected chi connectivity index (χ4v) is 1.46. The van der Waals surface area contributed by atoms with Crippen LogP contribution in [0.4, 0.5) is 0 Å². The molecule has 0 unspecified atom stereocenters. The smallest absolute Gasteiger partial charge is 0.122 e. The summed E-state index contributed by atoms with van der Waals surface area (Å²) in [5.74, 6) is 0.838. The number of nitrogens with zero attached hydrogens (tertiary/aromatic N) is 3. The lowest BCUT2D eigenvalue weighted by Gasteiger charge is -2.05. The molecule has 0 saturated heterocycles. The molecule has 0 aromatic carbocycles. The highest BCUT2D eigenvalue weighted by molar-refractivity contribution is 5.26. The molecule has 0 bridgehead atoms. The second kappa shape index (κ2) is 4.13. The summed E-state index contributed by atoms with van der Waals surface area (Å²) in [5, 5.41) is 4.13. The Balaban J connectivity index is 2.24. The minimum absolute atomic E-state index is 0.672. The van der Waals surface area contributed by atoms with Gasteiger partial charge in [0.05, 0.1) is 19.3 Å². The van der Waals surface area contributed by atoms with Gasteiger partial charge in [-0.1, -0.05) is 0 Å². The Hall–Kier alpha value is -1.84. The number of pyridine rings is 1. The predicted octanol–water partition coefficient (Wildman–Crippen LogP) is 1.64. The molecule has 0 aliphatic rings.